The molecule has 0 unspecified atom stereocenters. The third-order valence-corrected chi connectivity index (χ3v) is 5.69. The molecule has 0 saturated carbocycles. The lowest BCUT2D eigenvalue weighted by atomic mass is 10.0. The van der Waals surface area contributed by atoms with Gasteiger partial charge in [0.1, 0.15) is 5.01 Å². The van der Waals surface area contributed by atoms with E-state index >= 15 is 0 Å². The van der Waals surface area contributed by atoms with Gasteiger partial charge in [0, 0.05) is 16.6 Å². The molecule has 2 rings (SSSR count). The highest BCUT2D eigenvalue weighted by molar-refractivity contribution is 9.10. The van der Waals surface area contributed by atoms with E-state index in [4.69, 9.17) is 0 Å². The zero-order chi connectivity index (χ0) is 16.3. The van der Waals surface area contributed by atoms with Crippen LogP contribution in [0.3, 0.4) is 0 Å². The molecule has 1 heterocycles. The van der Waals surface area contributed by atoms with Gasteiger partial charge in [-0.2, -0.15) is 0 Å². The molecule has 6 heteroatoms. The first-order valence-electron chi connectivity index (χ1n) is 7.39. The summed E-state index contributed by atoms with van der Waals surface area (Å²) in [4.78, 5) is 2.18. The second-order valence-corrected chi connectivity index (χ2v) is 7.59. The quantitative estimate of drug-likeness (QED) is 0.757. The average molecular weight is 383 g/mol. The molecule has 0 bridgehead atoms. The van der Waals surface area contributed by atoms with Gasteiger partial charge in [-0.15, -0.1) is 10.2 Å². The Bertz CT molecular complexity index is 652. The Morgan fingerprint density at radius 3 is 2.59 bits per heavy atom. The van der Waals surface area contributed by atoms with Gasteiger partial charge in [0.2, 0.25) is 5.13 Å². The summed E-state index contributed by atoms with van der Waals surface area (Å²) < 4.78 is 1.16. The largest absolute Gasteiger partial charge is 0.360 e. The van der Waals surface area contributed by atoms with Crippen LogP contribution >= 0.6 is 27.3 Å². The maximum absolute atomic E-state index is 4.37. The van der Waals surface area contributed by atoms with Gasteiger partial charge in [0.05, 0.1) is 0 Å². The van der Waals surface area contributed by atoms with Crippen LogP contribution < -0.4 is 5.32 Å². The van der Waals surface area contributed by atoms with E-state index in [0.29, 0.717) is 0 Å². The minimum atomic E-state index is 0.893. The molecule has 0 fully saturated rings. The first-order valence-corrected chi connectivity index (χ1v) is 9.00. The van der Waals surface area contributed by atoms with Gasteiger partial charge in [0.15, 0.2) is 0 Å². The molecule has 22 heavy (non-hydrogen) atoms. The van der Waals surface area contributed by atoms with Crippen molar-refractivity contribution in [2.24, 2.45) is 0 Å². The van der Waals surface area contributed by atoms with Crippen molar-refractivity contribution in [3.8, 4) is 10.6 Å². The van der Waals surface area contributed by atoms with E-state index in [9.17, 15) is 0 Å². The number of hydrogen-bond acceptors (Lipinski definition) is 5. The van der Waals surface area contributed by atoms with Crippen LogP contribution in [0.25, 0.3) is 10.6 Å². The molecule has 0 aliphatic rings. The zero-order valence-electron chi connectivity index (χ0n) is 13.8. The van der Waals surface area contributed by atoms with Crippen LogP contribution in [0.2, 0.25) is 0 Å². The fraction of sp³-hybridized carbons (Fsp3) is 0.500. The number of halogens is 1. The molecular weight excluding hydrogens is 360 g/mol. The molecule has 0 amide bonds. The minimum Gasteiger partial charge on any atom is -0.360 e. The van der Waals surface area contributed by atoms with Crippen LogP contribution in [-0.2, 0) is 0 Å². The highest BCUT2D eigenvalue weighted by Crippen LogP contribution is 2.36. The van der Waals surface area contributed by atoms with E-state index < -0.39 is 0 Å². The number of hydrogen-bond donors (Lipinski definition) is 1. The smallest absolute Gasteiger partial charge is 0.206 e. The van der Waals surface area contributed by atoms with E-state index in [1.165, 1.54) is 22.3 Å². The van der Waals surface area contributed by atoms with Gasteiger partial charge in [0.25, 0.3) is 0 Å². The Balaban J connectivity index is 2.13. The van der Waals surface area contributed by atoms with Crippen LogP contribution in [0.4, 0.5) is 5.13 Å². The molecule has 0 atom stereocenters. The normalized spacial score (nSPS) is 11.2. The summed E-state index contributed by atoms with van der Waals surface area (Å²) in [5.41, 5.74) is 4.92. The van der Waals surface area contributed by atoms with Crippen molar-refractivity contribution in [1.29, 1.82) is 0 Å². The second kappa shape index (κ2) is 7.53. The van der Waals surface area contributed by atoms with Crippen molar-refractivity contribution in [3.05, 3.63) is 27.2 Å². The lowest BCUT2D eigenvalue weighted by Gasteiger charge is -2.11. The highest BCUT2D eigenvalue weighted by Gasteiger charge is 2.15. The zero-order valence-corrected chi connectivity index (χ0v) is 16.2. The number of rotatable bonds is 6. The topological polar surface area (TPSA) is 41.1 Å². The van der Waals surface area contributed by atoms with Crippen molar-refractivity contribution < 1.29 is 0 Å². The van der Waals surface area contributed by atoms with Crippen LogP contribution in [0.15, 0.2) is 10.5 Å². The van der Waals surface area contributed by atoms with Gasteiger partial charge in [-0.25, -0.2) is 0 Å². The maximum Gasteiger partial charge on any atom is 0.206 e. The minimum absolute atomic E-state index is 0.893. The van der Waals surface area contributed by atoms with Crippen molar-refractivity contribution in [2.75, 3.05) is 32.5 Å². The van der Waals surface area contributed by atoms with Crippen LogP contribution in [-0.4, -0.2) is 42.3 Å². The van der Waals surface area contributed by atoms with Gasteiger partial charge in [-0.1, -0.05) is 33.3 Å². The predicted octanol–water partition coefficient (Wildman–Crippen LogP) is 4.26. The molecule has 1 aromatic heterocycles. The summed E-state index contributed by atoms with van der Waals surface area (Å²) >= 11 is 5.29. The van der Waals surface area contributed by atoms with Crippen molar-refractivity contribution >= 4 is 32.4 Å². The molecule has 0 aliphatic heterocycles. The highest BCUT2D eigenvalue weighted by atomic mass is 79.9. The first-order chi connectivity index (χ1) is 10.4. The average Bonchev–Trinajstić information content (AvgIpc) is 2.89. The third kappa shape index (κ3) is 4.06. The maximum atomic E-state index is 4.37. The number of nitrogens with one attached hydrogen (secondary N) is 1. The van der Waals surface area contributed by atoms with E-state index in [2.05, 4.69) is 77.3 Å². The van der Waals surface area contributed by atoms with E-state index in [1.54, 1.807) is 11.3 Å². The Labute approximate surface area is 145 Å². The summed E-state index contributed by atoms with van der Waals surface area (Å²) in [5, 5.41) is 13.9. The van der Waals surface area contributed by atoms with Crippen LogP contribution in [0, 0.1) is 20.8 Å². The third-order valence-electron chi connectivity index (χ3n) is 3.57. The fourth-order valence-electron chi connectivity index (χ4n) is 2.48. The molecule has 1 N–H and O–H groups in total. The number of nitrogens with zero attached hydrogens (tertiary/aromatic N) is 3. The number of aryl methyl sites for hydroxylation is 2. The lowest BCUT2D eigenvalue weighted by Crippen LogP contribution is -2.16. The van der Waals surface area contributed by atoms with Crippen LogP contribution in [0.5, 0.6) is 0 Å². The van der Waals surface area contributed by atoms with Crippen molar-refractivity contribution in [2.45, 2.75) is 27.2 Å². The molecule has 4 nitrogen and oxygen atoms in total. The van der Waals surface area contributed by atoms with E-state index in [1.807, 2.05) is 0 Å². The molecule has 2 aromatic rings. The molecular formula is C16H23BrN4S. The molecule has 0 aliphatic carbocycles. The Morgan fingerprint density at radius 2 is 1.91 bits per heavy atom. The standard InChI is InChI=1S/C16H23BrN4S/c1-10-9-11(2)14(17)12(3)13(10)15-19-20-16(22-15)18-7-6-8-21(4)5/h9H,6-8H2,1-5H3,(H,18,20). The van der Waals surface area contributed by atoms with Gasteiger partial charge in [-0.05, 0) is 64.5 Å². The molecule has 0 saturated heterocycles. The molecule has 0 radical (unpaired) electrons. The van der Waals surface area contributed by atoms with Crippen LogP contribution in [0.1, 0.15) is 23.1 Å². The summed E-state index contributed by atoms with van der Waals surface area (Å²) in [5.74, 6) is 0. The molecule has 1 aromatic carbocycles. The Hall–Kier alpha value is -0.980. The fourth-order valence-corrected chi connectivity index (χ4v) is 3.73. The lowest BCUT2D eigenvalue weighted by molar-refractivity contribution is 0.405. The van der Waals surface area contributed by atoms with Gasteiger partial charge in [-0.3, -0.25) is 0 Å². The predicted molar refractivity (Wildman–Crippen MR) is 98.9 cm³/mol. The first kappa shape index (κ1) is 17.4. The SMILES string of the molecule is Cc1cc(C)c(-c2nnc(NCCCN(C)C)s2)c(C)c1Br. The number of benzene rings is 1. The van der Waals surface area contributed by atoms with Gasteiger partial charge < -0.3 is 10.2 Å². The monoisotopic (exact) mass is 382 g/mol. The van der Waals surface area contributed by atoms with E-state index in [0.717, 1.165) is 34.1 Å². The molecule has 120 valence electrons. The van der Waals surface area contributed by atoms with Gasteiger partial charge >= 0.3 is 0 Å². The Kier molecular flexibility index (Phi) is 5.94. The number of aromatic nitrogens is 2. The molecule has 0 spiro atoms. The summed E-state index contributed by atoms with van der Waals surface area (Å²) in [6, 6.07) is 2.19. The van der Waals surface area contributed by atoms with Crippen molar-refractivity contribution in [3.63, 3.8) is 0 Å². The second-order valence-electron chi connectivity index (χ2n) is 5.82. The Morgan fingerprint density at radius 1 is 1.18 bits per heavy atom. The number of anilines is 1. The summed E-state index contributed by atoms with van der Waals surface area (Å²) in [6.45, 7) is 8.37. The summed E-state index contributed by atoms with van der Waals surface area (Å²) in [6.07, 6.45) is 1.09. The van der Waals surface area contributed by atoms with Crippen molar-refractivity contribution in [1.82, 2.24) is 15.1 Å². The van der Waals surface area contributed by atoms with E-state index in [-0.39, 0.29) is 0 Å². The summed E-state index contributed by atoms with van der Waals surface area (Å²) in [7, 11) is 4.17.